The SMILES string of the molecule is Cc1c(C)c2ccc(OCC(=O)Nc3nnc(C4CCC4)s3)cc2oc1=O. The summed E-state index contributed by atoms with van der Waals surface area (Å²) in [7, 11) is 0. The molecule has 0 bridgehead atoms. The van der Waals surface area contributed by atoms with Crippen LogP contribution in [0.3, 0.4) is 0 Å². The third-order valence-electron chi connectivity index (χ3n) is 4.94. The molecule has 1 amide bonds. The van der Waals surface area contributed by atoms with Crippen molar-refractivity contribution in [2.45, 2.75) is 39.0 Å². The zero-order chi connectivity index (χ0) is 19.0. The summed E-state index contributed by atoms with van der Waals surface area (Å²) in [4.78, 5) is 23.9. The summed E-state index contributed by atoms with van der Waals surface area (Å²) in [6, 6.07) is 5.20. The van der Waals surface area contributed by atoms with E-state index in [-0.39, 0.29) is 18.1 Å². The van der Waals surface area contributed by atoms with Gasteiger partial charge in [-0.2, -0.15) is 0 Å². The van der Waals surface area contributed by atoms with Crippen molar-refractivity contribution in [3.8, 4) is 5.75 Å². The molecule has 1 aromatic carbocycles. The summed E-state index contributed by atoms with van der Waals surface area (Å²) in [6.45, 7) is 3.45. The third kappa shape index (κ3) is 3.57. The van der Waals surface area contributed by atoms with Crippen molar-refractivity contribution in [3.05, 3.63) is 44.8 Å². The van der Waals surface area contributed by atoms with Crippen LogP contribution in [-0.2, 0) is 4.79 Å². The van der Waals surface area contributed by atoms with Crippen LogP contribution in [0.5, 0.6) is 5.75 Å². The molecule has 1 saturated carbocycles. The first-order valence-electron chi connectivity index (χ1n) is 8.81. The fourth-order valence-electron chi connectivity index (χ4n) is 2.93. The topological polar surface area (TPSA) is 94.3 Å². The molecule has 2 heterocycles. The van der Waals surface area contributed by atoms with Gasteiger partial charge in [0.05, 0.1) is 0 Å². The Morgan fingerprint density at radius 1 is 1.30 bits per heavy atom. The summed E-state index contributed by atoms with van der Waals surface area (Å²) in [5.74, 6) is 0.633. The second-order valence-electron chi connectivity index (χ2n) is 6.71. The van der Waals surface area contributed by atoms with Gasteiger partial charge in [-0.3, -0.25) is 10.1 Å². The molecule has 1 aliphatic carbocycles. The van der Waals surface area contributed by atoms with Gasteiger partial charge in [-0.1, -0.05) is 17.8 Å². The number of hydrogen-bond acceptors (Lipinski definition) is 7. The van der Waals surface area contributed by atoms with Crippen LogP contribution in [0.1, 0.15) is 41.3 Å². The predicted octanol–water partition coefficient (Wildman–Crippen LogP) is 3.55. The lowest BCUT2D eigenvalue weighted by Crippen LogP contribution is -2.20. The van der Waals surface area contributed by atoms with Gasteiger partial charge in [0.25, 0.3) is 5.91 Å². The fourth-order valence-corrected chi connectivity index (χ4v) is 3.86. The summed E-state index contributed by atoms with van der Waals surface area (Å²) >= 11 is 1.41. The highest BCUT2D eigenvalue weighted by atomic mass is 32.1. The van der Waals surface area contributed by atoms with Crippen LogP contribution in [0.25, 0.3) is 11.0 Å². The molecule has 8 heteroatoms. The number of amides is 1. The van der Waals surface area contributed by atoms with Crippen LogP contribution in [-0.4, -0.2) is 22.7 Å². The molecular weight excluding hydrogens is 366 g/mol. The number of anilines is 1. The smallest absolute Gasteiger partial charge is 0.339 e. The van der Waals surface area contributed by atoms with E-state index in [0.717, 1.165) is 28.8 Å². The predicted molar refractivity (Wildman–Crippen MR) is 103 cm³/mol. The molecule has 27 heavy (non-hydrogen) atoms. The van der Waals surface area contributed by atoms with Crippen LogP contribution in [0.15, 0.2) is 27.4 Å². The molecule has 0 spiro atoms. The number of hydrogen-bond donors (Lipinski definition) is 1. The lowest BCUT2D eigenvalue weighted by molar-refractivity contribution is -0.118. The minimum Gasteiger partial charge on any atom is -0.484 e. The van der Waals surface area contributed by atoms with Crippen molar-refractivity contribution < 1.29 is 13.9 Å². The van der Waals surface area contributed by atoms with Crippen molar-refractivity contribution in [3.63, 3.8) is 0 Å². The van der Waals surface area contributed by atoms with E-state index in [4.69, 9.17) is 9.15 Å². The maximum absolute atomic E-state index is 12.1. The Hall–Kier alpha value is -2.74. The number of aromatic nitrogens is 2. The summed E-state index contributed by atoms with van der Waals surface area (Å²) in [5.41, 5.74) is 1.54. The Bertz CT molecular complexity index is 1070. The molecule has 140 valence electrons. The molecule has 2 aromatic heterocycles. The first-order valence-corrected chi connectivity index (χ1v) is 9.63. The standard InChI is InChI=1S/C19H19N3O4S/c1-10-11(2)18(24)26-15-8-13(6-7-14(10)15)25-9-16(23)20-19-22-21-17(27-19)12-4-3-5-12/h6-8,12H,3-5,9H2,1-2H3,(H,20,22,23). The molecule has 1 fully saturated rings. The van der Waals surface area contributed by atoms with E-state index in [1.807, 2.05) is 13.0 Å². The summed E-state index contributed by atoms with van der Waals surface area (Å²) in [6.07, 6.45) is 3.51. The molecule has 0 saturated heterocycles. The van der Waals surface area contributed by atoms with Crippen molar-refractivity contribution in [2.75, 3.05) is 11.9 Å². The second-order valence-corrected chi connectivity index (χ2v) is 7.72. The lowest BCUT2D eigenvalue weighted by Gasteiger charge is -2.21. The Kier molecular flexibility index (Phi) is 4.65. The molecule has 1 N–H and O–H groups in total. The summed E-state index contributed by atoms with van der Waals surface area (Å²) in [5, 5.41) is 13.2. The largest absolute Gasteiger partial charge is 0.484 e. The molecule has 0 atom stereocenters. The van der Waals surface area contributed by atoms with E-state index in [2.05, 4.69) is 15.5 Å². The number of nitrogens with one attached hydrogen (secondary N) is 1. The maximum Gasteiger partial charge on any atom is 0.339 e. The molecular formula is C19H19N3O4S. The van der Waals surface area contributed by atoms with Gasteiger partial charge < -0.3 is 9.15 Å². The number of nitrogens with zero attached hydrogens (tertiary/aromatic N) is 2. The van der Waals surface area contributed by atoms with Crippen LogP contribution in [0.4, 0.5) is 5.13 Å². The molecule has 0 aliphatic heterocycles. The van der Waals surface area contributed by atoms with Gasteiger partial charge in [0, 0.05) is 22.9 Å². The first kappa shape index (κ1) is 17.7. The van der Waals surface area contributed by atoms with E-state index in [9.17, 15) is 9.59 Å². The van der Waals surface area contributed by atoms with Crippen LogP contribution >= 0.6 is 11.3 Å². The van der Waals surface area contributed by atoms with E-state index in [1.54, 1.807) is 19.1 Å². The number of carbonyl (C=O) groups is 1. The Morgan fingerprint density at radius 3 is 2.85 bits per heavy atom. The van der Waals surface area contributed by atoms with Gasteiger partial charge >= 0.3 is 5.63 Å². The van der Waals surface area contributed by atoms with E-state index < -0.39 is 0 Å². The van der Waals surface area contributed by atoms with Crippen molar-refractivity contribution in [1.82, 2.24) is 10.2 Å². The molecule has 4 rings (SSSR count). The van der Waals surface area contributed by atoms with Crippen molar-refractivity contribution in [1.29, 1.82) is 0 Å². The zero-order valence-electron chi connectivity index (χ0n) is 15.1. The Balaban J connectivity index is 1.40. The number of fused-ring (bicyclic) bond motifs is 1. The van der Waals surface area contributed by atoms with Crippen LogP contribution < -0.4 is 15.7 Å². The number of benzene rings is 1. The highest BCUT2D eigenvalue weighted by Gasteiger charge is 2.23. The number of rotatable bonds is 5. The lowest BCUT2D eigenvalue weighted by atomic mass is 9.86. The minimum absolute atomic E-state index is 0.168. The Labute approximate surface area is 159 Å². The average molecular weight is 385 g/mol. The number of aryl methyl sites for hydroxylation is 1. The van der Waals surface area contributed by atoms with Gasteiger partial charge in [0.2, 0.25) is 5.13 Å². The van der Waals surface area contributed by atoms with E-state index in [0.29, 0.717) is 27.9 Å². The van der Waals surface area contributed by atoms with E-state index in [1.165, 1.54) is 17.8 Å². The van der Waals surface area contributed by atoms with Crippen LogP contribution in [0, 0.1) is 13.8 Å². The normalized spacial score (nSPS) is 14.1. The van der Waals surface area contributed by atoms with Gasteiger partial charge in [-0.05, 0) is 44.4 Å². The minimum atomic E-state index is -0.367. The van der Waals surface area contributed by atoms with Gasteiger partial charge in [-0.15, -0.1) is 10.2 Å². The summed E-state index contributed by atoms with van der Waals surface area (Å²) < 4.78 is 10.8. The number of ether oxygens (including phenoxy) is 1. The molecule has 1 aliphatic rings. The fraction of sp³-hybridized carbons (Fsp3) is 0.368. The van der Waals surface area contributed by atoms with Crippen molar-refractivity contribution in [2.24, 2.45) is 0 Å². The first-order chi connectivity index (χ1) is 13.0. The molecule has 3 aromatic rings. The van der Waals surface area contributed by atoms with Gasteiger partial charge in [0.1, 0.15) is 16.3 Å². The maximum atomic E-state index is 12.1. The Morgan fingerprint density at radius 2 is 2.11 bits per heavy atom. The average Bonchev–Trinajstić information content (AvgIpc) is 3.04. The molecule has 0 unspecified atom stereocenters. The van der Waals surface area contributed by atoms with Gasteiger partial charge in [-0.25, -0.2) is 4.79 Å². The molecule has 0 radical (unpaired) electrons. The van der Waals surface area contributed by atoms with Gasteiger partial charge in [0.15, 0.2) is 6.61 Å². The highest BCUT2D eigenvalue weighted by Crippen LogP contribution is 2.38. The third-order valence-corrected chi connectivity index (χ3v) is 5.94. The van der Waals surface area contributed by atoms with Crippen LogP contribution in [0.2, 0.25) is 0 Å². The quantitative estimate of drug-likeness (QED) is 0.675. The highest BCUT2D eigenvalue weighted by molar-refractivity contribution is 7.15. The molecule has 7 nitrogen and oxygen atoms in total. The monoisotopic (exact) mass is 385 g/mol. The zero-order valence-corrected chi connectivity index (χ0v) is 15.9. The van der Waals surface area contributed by atoms with E-state index >= 15 is 0 Å². The van der Waals surface area contributed by atoms with Crippen molar-refractivity contribution >= 4 is 33.3 Å². The second kappa shape index (κ2) is 7.11. The number of carbonyl (C=O) groups excluding carboxylic acids is 1.